The Hall–Kier alpha value is -1.09. The van der Waals surface area contributed by atoms with Crippen LogP contribution < -0.4 is 5.73 Å². The molecule has 0 unspecified atom stereocenters. The van der Waals surface area contributed by atoms with E-state index in [1.165, 1.54) is 6.42 Å². The van der Waals surface area contributed by atoms with Crippen LogP contribution in [0.15, 0.2) is 18.2 Å². The van der Waals surface area contributed by atoms with E-state index in [0.717, 1.165) is 25.2 Å². The van der Waals surface area contributed by atoms with Gasteiger partial charge < -0.3 is 5.73 Å². The number of likely N-dealkylation sites (tertiary alicyclic amines) is 1. The summed E-state index contributed by atoms with van der Waals surface area (Å²) in [5.74, 6) is -0.309. The van der Waals surface area contributed by atoms with Crippen LogP contribution in [0.1, 0.15) is 25.8 Å². The average molecular weight is 222 g/mol. The smallest absolute Gasteiger partial charge is 0.146 e. The molecule has 2 N–H and O–H groups in total. The molecule has 0 saturated carbocycles. The van der Waals surface area contributed by atoms with Gasteiger partial charge in [-0.15, -0.1) is 0 Å². The molecular weight excluding hydrogens is 203 g/mol. The fraction of sp³-hybridized carbons (Fsp3) is 0.538. The topological polar surface area (TPSA) is 29.3 Å². The van der Waals surface area contributed by atoms with E-state index >= 15 is 0 Å². The third-order valence-electron chi connectivity index (χ3n) is 3.23. The van der Waals surface area contributed by atoms with Crippen molar-refractivity contribution in [2.75, 3.05) is 18.8 Å². The van der Waals surface area contributed by atoms with E-state index in [2.05, 4.69) is 18.7 Å². The second kappa shape index (κ2) is 4.06. The predicted octanol–water partition coefficient (Wildman–Crippen LogP) is 2.64. The maximum atomic E-state index is 13.3. The van der Waals surface area contributed by atoms with Crippen molar-refractivity contribution in [3.8, 4) is 0 Å². The lowest BCUT2D eigenvalue weighted by Crippen LogP contribution is -2.22. The zero-order chi connectivity index (χ0) is 11.8. The molecule has 0 aromatic heterocycles. The number of nitrogen functional groups attached to an aromatic ring is 1. The molecule has 1 aliphatic heterocycles. The molecule has 88 valence electrons. The first kappa shape index (κ1) is 11.4. The second-order valence-corrected chi connectivity index (χ2v) is 5.48. The van der Waals surface area contributed by atoms with E-state index in [0.29, 0.717) is 5.41 Å². The second-order valence-electron chi connectivity index (χ2n) is 5.48. The van der Waals surface area contributed by atoms with Crippen molar-refractivity contribution >= 4 is 5.69 Å². The molecule has 0 atom stereocenters. The summed E-state index contributed by atoms with van der Waals surface area (Å²) < 4.78 is 13.3. The quantitative estimate of drug-likeness (QED) is 0.779. The normalized spacial score (nSPS) is 20.2. The summed E-state index contributed by atoms with van der Waals surface area (Å²) in [4.78, 5) is 2.37. The lowest BCUT2D eigenvalue weighted by atomic mass is 9.93. The molecule has 0 spiro atoms. The Labute approximate surface area is 96.2 Å². The van der Waals surface area contributed by atoms with Gasteiger partial charge in [0, 0.05) is 13.1 Å². The third kappa shape index (κ3) is 2.53. The molecule has 1 aromatic rings. The molecule has 1 aliphatic rings. The van der Waals surface area contributed by atoms with E-state index in [1.807, 2.05) is 6.07 Å². The van der Waals surface area contributed by atoms with Crippen LogP contribution in [0.3, 0.4) is 0 Å². The first-order valence-corrected chi connectivity index (χ1v) is 5.73. The molecule has 0 bridgehead atoms. The molecule has 1 fully saturated rings. The SMILES string of the molecule is CC1(C)CCN(Cc2ccc(N)c(F)c2)C1. The van der Waals surface area contributed by atoms with Crippen LogP contribution in [0, 0.1) is 11.2 Å². The van der Waals surface area contributed by atoms with Crippen molar-refractivity contribution in [2.24, 2.45) is 5.41 Å². The standard InChI is InChI=1S/C13H19FN2/c1-13(2)5-6-16(9-13)8-10-3-4-12(15)11(14)7-10/h3-4,7H,5-6,8-9,15H2,1-2H3. The largest absolute Gasteiger partial charge is 0.396 e. The van der Waals surface area contributed by atoms with Crippen molar-refractivity contribution in [1.82, 2.24) is 4.90 Å². The molecule has 2 nitrogen and oxygen atoms in total. The first-order valence-electron chi connectivity index (χ1n) is 5.73. The molecule has 2 rings (SSSR count). The highest BCUT2D eigenvalue weighted by atomic mass is 19.1. The van der Waals surface area contributed by atoms with Crippen molar-refractivity contribution in [2.45, 2.75) is 26.8 Å². The molecule has 0 aliphatic carbocycles. The fourth-order valence-corrected chi connectivity index (χ4v) is 2.29. The van der Waals surface area contributed by atoms with Gasteiger partial charge in [-0.3, -0.25) is 4.90 Å². The Morgan fingerprint density at radius 3 is 2.75 bits per heavy atom. The van der Waals surface area contributed by atoms with Gasteiger partial charge in [-0.1, -0.05) is 19.9 Å². The number of benzene rings is 1. The number of nitrogens with zero attached hydrogens (tertiary/aromatic N) is 1. The fourth-order valence-electron chi connectivity index (χ4n) is 2.29. The monoisotopic (exact) mass is 222 g/mol. The summed E-state index contributed by atoms with van der Waals surface area (Å²) in [5.41, 5.74) is 7.08. The molecule has 0 amide bonds. The number of hydrogen-bond donors (Lipinski definition) is 1. The van der Waals surface area contributed by atoms with E-state index < -0.39 is 0 Å². The lowest BCUT2D eigenvalue weighted by Gasteiger charge is -2.19. The van der Waals surface area contributed by atoms with Gasteiger partial charge in [0.1, 0.15) is 5.82 Å². The molecular formula is C13H19FN2. The van der Waals surface area contributed by atoms with Gasteiger partial charge in [0.2, 0.25) is 0 Å². The maximum absolute atomic E-state index is 13.3. The van der Waals surface area contributed by atoms with E-state index in [1.54, 1.807) is 12.1 Å². The number of halogens is 1. The van der Waals surface area contributed by atoms with E-state index in [-0.39, 0.29) is 11.5 Å². The third-order valence-corrected chi connectivity index (χ3v) is 3.23. The molecule has 3 heteroatoms. The van der Waals surface area contributed by atoms with Crippen LogP contribution in [-0.2, 0) is 6.54 Å². The number of nitrogens with two attached hydrogens (primary N) is 1. The van der Waals surface area contributed by atoms with Gasteiger partial charge in [0.25, 0.3) is 0 Å². The molecule has 1 saturated heterocycles. The maximum Gasteiger partial charge on any atom is 0.146 e. The summed E-state index contributed by atoms with van der Waals surface area (Å²) in [6, 6.07) is 5.09. The highest BCUT2D eigenvalue weighted by Crippen LogP contribution is 2.29. The highest BCUT2D eigenvalue weighted by Gasteiger charge is 2.28. The van der Waals surface area contributed by atoms with Crippen molar-refractivity contribution < 1.29 is 4.39 Å². The lowest BCUT2D eigenvalue weighted by molar-refractivity contribution is 0.284. The van der Waals surface area contributed by atoms with Crippen LogP contribution in [0.4, 0.5) is 10.1 Å². The Morgan fingerprint density at radius 1 is 1.44 bits per heavy atom. The zero-order valence-corrected chi connectivity index (χ0v) is 9.96. The molecule has 1 aromatic carbocycles. The molecule has 0 radical (unpaired) electrons. The minimum atomic E-state index is -0.309. The van der Waals surface area contributed by atoms with Gasteiger partial charge >= 0.3 is 0 Å². The van der Waals surface area contributed by atoms with Crippen LogP contribution in [0.25, 0.3) is 0 Å². The van der Waals surface area contributed by atoms with Gasteiger partial charge in [0.15, 0.2) is 0 Å². The van der Waals surface area contributed by atoms with Crippen LogP contribution in [0.5, 0.6) is 0 Å². The molecule has 1 heterocycles. The van der Waals surface area contributed by atoms with E-state index in [9.17, 15) is 4.39 Å². The molecule has 16 heavy (non-hydrogen) atoms. The zero-order valence-electron chi connectivity index (χ0n) is 9.96. The van der Waals surface area contributed by atoms with Crippen LogP contribution in [-0.4, -0.2) is 18.0 Å². The summed E-state index contributed by atoms with van der Waals surface area (Å²) in [7, 11) is 0. The first-order chi connectivity index (χ1) is 7.46. The number of hydrogen-bond acceptors (Lipinski definition) is 2. The van der Waals surface area contributed by atoms with Crippen molar-refractivity contribution in [3.63, 3.8) is 0 Å². The number of anilines is 1. The van der Waals surface area contributed by atoms with Crippen molar-refractivity contribution in [3.05, 3.63) is 29.6 Å². The highest BCUT2D eigenvalue weighted by molar-refractivity contribution is 5.41. The number of rotatable bonds is 2. The minimum Gasteiger partial charge on any atom is -0.396 e. The summed E-state index contributed by atoms with van der Waals surface area (Å²) in [5, 5.41) is 0. The van der Waals surface area contributed by atoms with Gasteiger partial charge in [0.05, 0.1) is 5.69 Å². The Balaban J connectivity index is 2.02. The van der Waals surface area contributed by atoms with Crippen LogP contribution >= 0.6 is 0 Å². The van der Waals surface area contributed by atoms with Gasteiger partial charge in [-0.2, -0.15) is 0 Å². The summed E-state index contributed by atoms with van der Waals surface area (Å²) in [6.45, 7) is 7.55. The Bertz CT molecular complexity index is 388. The predicted molar refractivity (Wildman–Crippen MR) is 64.5 cm³/mol. The Kier molecular flexibility index (Phi) is 2.89. The Morgan fingerprint density at radius 2 is 2.19 bits per heavy atom. The average Bonchev–Trinajstić information content (AvgIpc) is 2.52. The van der Waals surface area contributed by atoms with Crippen LogP contribution in [0.2, 0.25) is 0 Å². The van der Waals surface area contributed by atoms with Gasteiger partial charge in [-0.25, -0.2) is 4.39 Å². The summed E-state index contributed by atoms with van der Waals surface area (Å²) in [6.07, 6.45) is 1.21. The van der Waals surface area contributed by atoms with Gasteiger partial charge in [-0.05, 0) is 36.1 Å². The summed E-state index contributed by atoms with van der Waals surface area (Å²) >= 11 is 0. The minimum absolute atomic E-state index is 0.227. The van der Waals surface area contributed by atoms with E-state index in [4.69, 9.17) is 5.73 Å². The van der Waals surface area contributed by atoms with Crippen molar-refractivity contribution in [1.29, 1.82) is 0 Å².